The van der Waals surface area contributed by atoms with Gasteiger partial charge in [-0.05, 0) is 42.7 Å². The molecular formula is C13H20N2. The van der Waals surface area contributed by atoms with Crippen LogP contribution in [0.5, 0.6) is 0 Å². The topological polar surface area (TPSA) is 38.9 Å². The number of nitrogens with two attached hydrogens (primary N) is 1. The van der Waals surface area contributed by atoms with Gasteiger partial charge in [-0.2, -0.15) is 0 Å². The van der Waals surface area contributed by atoms with E-state index in [1.807, 2.05) is 6.07 Å². The Morgan fingerprint density at radius 3 is 2.73 bits per heavy atom. The van der Waals surface area contributed by atoms with E-state index in [0.717, 1.165) is 24.1 Å². The van der Waals surface area contributed by atoms with Gasteiger partial charge in [0.15, 0.2) is 0 Å². The molecule has 1 fully saturated rings. The summed E-state index contributed by atoms with van der Waals surface area (Å²) in [6, 6.07) is 4.09. The van der Waals surface area contributed by atoms with Crippen molar-refractivity contribution in [1.29, 1.82) is 0 Å². The van der Waals surface area contributed by atoms with E-state index in [-0.39, 0.29) is 0 Å². The highest BCUT2D eigenvalue weighted by Crippen LogP contribution is 2.31. The van der Waals surface area contributed by atoms with Crippen LogP contribution in [0, 0.1) is 11.8 Å². The fourth-order valence-corrected chi connectivity index (χ4v) is 2.47. The van der Waals surface area contributed by atoms with E-state index in [2.05, 4.69) is 18.0 Å². The first-order valence-electron chi connectivity index (χ1n) is 5.95. The molecule has 1 aromatic rings. The van der Waals surface area contributed by atoms with Crippen LogP contribution in [0.25, 0.3) is 0 Å². The second-order valence-corrected chi connectivity index (χ2v) is 4.88. The van der Waals surface area contributed by atoms with Gasteiger partial charge in [0.2, 0.25) is 0 Å². The third kappa shape index (κ3) is 2.71. The van der Waals surface area contributed by atoms with Gasteiger partial charge in [0.1, 0.15) is 5.82 Å². The lowest BCUT2D eigenvalue weighted by Gasteiger charge is -2.26. The summed E-state index contributed by atoms with van der Waals surface area (Å²) < 4.78 is 0. The molecule has 0 spiro atoms. The van der Waals surface area contributed by atoms with Crippen molar-refractivity contribution in [2.75, 3.05) is 5.73 Å². The van der Waals surface area contributed by atoms with Crippen LogP contribution in [0.1, 0.15) is 38.2 Å². The van der Waals surface area contributed by atoms with Gasteiger partial charge in [0.05, 0.1) is 0 Å². The van der Waals surface area contributed by atoms with Crippen molar-refractivity contribution in [3.63, 3.8) is 0 Å². The molecule has 1 aliphatic rings. The maximum Gasteiger partial charge on any atom is 0.126 e. The highest BCUT2D eigenvalue weighted by atomic mass is 14.8. The Balaban J connectivity index is 1.95. The molecule has 2 N–H and O–H groups in total. The molecular weight excluding hydrogens is 184 g/mol. The van der Waals surface area contributed by atoms with Crippen LogP contribution in [0.4, 0.5) is 5.82 Å². The van der Waals surface area contributed by atoms with E-state index in [9.17, 15) is 0 Å². The Kier molecular flexibility index (Phi) is 3.24. The Bertz CT molecular complexity index is 314. The highest BCUT2D eigenvalue weighted by Gasteiger charge is 2.19. The molecule has 15 heavy (non-hydrogen) atoms. The van der Waals surface area contributed by atoms with Crippen molar-refractivity contribution in [2.45, 2.75) is 39.0 Å². The zero-order valence-corrected chi connectivity index (χ0v) is 9.45. The van der Waals surface area contributed by atoms with E-state index < -0.39 is 0 Å². The lowest BCUT2D eigenvalue weighted by atomic mass is 9.80. The highest BCUT2D eigenvalue weighted by molar-refractivity contribution is 5.38. The van der Waals surface area contributed by atoms with Gasteiger partial charge >= 0.3 is 0 Å². The minimum Gasteiger partial charge on any atom is -0.383 e. The summed E-state index contributed by atoms with van der Waals surface area (Å²) in [5, 5.41) is 0. The quantitative estimate of drug-likeness (QED) is 0.804. The van der Waals surface area contributed by atoms with E-state index >= 15 is 0 Å². The molecule has 2 nitrogen and oxygen atoms in total. The number of hydrogen-bond donors (Lipinski definition) is 1. The molecule has 0 radical (unpaired) electrons. The molecule has 1 aliphatic carbocycles. The molecule has 0 atom stereocenters. The molecule has 0 aromatic carbocycles. The van der Waals surface area contributed by atoms with Crippen LogP contribution in [0.2, 0.25) is 0 Å². The van der Waals surface area contributed by atoms with Crippen molar-refractivity contribution in [1.82, 2.24) is 4.98 Å². The predicted molar refractivity (Wildman–Crippen MR) is 63.5 cm³/mol. The van der Waals surface area contributed by atoms with E-state index in [0.29, 0.717) is 0 Å². The largest absolute Gasteiger partial charge is 0.383 e. The van der Waals surface area contributed by atoms with E-state index in [1.165, 1.54) is 31.2 Å². The van der Waals surface area contributed by atoms with Gasteiger partial charge in [-0.25, -0.2) is 4.98 Å². The fraction of sp³-hybridized carbons (Fsp3) is 0.615. The lowest BCUT2D eigenvalue weighted by molar-refractivity contribution is 0.289. The zero-order chi connectivity index (χ0) is 10.7. The summed E-state index contributed by atoms with van der Waals surface area (Å²) in [6.45, 7) is 2.36. The first kappa shape index (κ1) is 10.5. The molecule has 2 heteroatoms. The first-order valence-corrected chi connectivity index (χ1v) is 5.95. The Morgan fingerprint density at radius 1 is 1.33 bits per heavy atom. The van der Waals surface area contributed by atoms with Crippen molar-refractivity contribution in [3.8, 4) is 0 Å². The summed E-state index contributed by atoms with van der Waals surface area (Å²) in [6.07, 6.45) is 8.36. The summed E-state index contributed by atoms with van der Waals surface area (Å²) >= 11 is 0. The van der Waals surface area contributed by atoms with Crippen molar-refractivity contribution < 1.29 is 0 Å². The zero-order valence-electron chi connectivity index (χ0n) is 9.45. The maximum absolute atomic E-state index is 5.85. The SMILES string of the molecule is CC1CCC(Cc2cccnc2N)CC1. The van der Waals surface area contributed by atoms with Crippen LogP contribution < -0.4 is 5.73 Å². The van der Waals surface area contributed by atoms with Crippen molar-refractivity contribution in [3.05, 3.63) is 23.9 Å². The second-order valence-electron chi connectivity index (χ2n) is 4.88. The molecule has 2 rings (SSSR count). The van der Waals surface area contributed by atoms with E-state index in [1.54, 1.807) is 6.20 Å². The van der Waals surface area contributed by atoms with Crippen molar-refractivity contribution in [2.24, 2.45) is 11.8 Å². The molecule has 0 amide bonds. The standard InChI is InChI=1S/C13H20N2/c1-10-4-6-11(7-5-10)9-12-3-2-8-15-13(12)14/h2-3,8,10-11H,4-7,9H2,1H3,(H2,14,15). The number of nitrogens with zero attached hydrogens (tertiary/aromatic N) is 1. The number of aromatic nitrogens is 1. The minimum atomic E-state index is 0.719. The normalized spacial score (nSPS) is 26.5. The Labute approximate surface area is 91.9 Å². The molecule has 0 bridgehead atoms. The maximum atomic E-state index is 5.85. The van der Waals surface area contributed by atoms with Gasteiger partial charge in [0.25, 0.3) is 0 Å². The van der Waals surface area contributed by atoms with Gasteiger partial charge in [-0.15, -0.1) is 0 Å². The van der Waals surface area contributed by atoms with E-state index in [4.69, 9.17) is 5.73 Å². The van der Waals surface area contributed by atoms with Crippen LogP contribution >= 0.6 is 0 Å². The molecule has 0 unspecified atom stereocenters. The van der Waals surface area contributed by atoms with Gasteiger partial charge in [-0.3, -0.25) is 0 Å². The number of rotatable bonds is 2. The Morgan fingerprint density at radius 2 is 2.07 bits per heavy atom. The minimum absolute atomic E-state index is 0.719. The number of anilines is 1. The summed E-state index contributed by atoms with van der Waals surface area (Å²) in [5.74, 6) is 2.47. The molecule has 82 valence electrons. The number of nitrogen functional groups attached to an aromatic ring is 1. The molecule has 1 saturated carbocycles. The Hall–Kier alpha value is -1.05. The summed E-state index contributed by atoms with van der Waals surface area (Å²) in [4.78, 5) is 4.14. The average molecular weight is 204 g/mol. The monoisotopic (exact) mass is 204 g/mol. The fourth-order valence-electron chi connectivity index (χ4n) is 2.47. The smallest absolute Gasteiger partial charge is 0.126 e. The first-order chi connectivity index (χ1) is 7.25. The van der Waals surface area contributed by atoms with Crippen LogP contribution in [0.3, 0.4) is 0 Å². The molecule has 1 heterocycles. The number of hydrogen-bond acceptors (Lipinski definition) is 2. The third-order valence-electron chi connectivity index (χ3n) is 3.57. The van der Waals surface area contributed by atoms with Crippen LogP contribution in [-0.4, -0.2) is 4.98 Å². The van der Waals surface area contributed by atoms with Gasteiger partial charge in [-0.1, -0.05) is 25.8 Å². The van der Waals surface area contributed by atoms with Gasteiger partial charge in [0, 0.05) is 6.20 Å². The lowest BCUT2D eigenvalue weighted by Crippen LogP contribution is -2.15. The average Bonchev–Trinajstić information content (AvgIpc) is 2.25. The molecule has 1 aromatic heterocycles. The summed E-state index contributed by atoms with van der Waals surface area (Å²) in [5.41, 5.74) is 7.09. The van der Waals surface area contributed by atoms with Crippen LogP contribution in [0.15, 0.2) is 18.3 Å². The molecule has 0 aliphatic heterocycles. The third-order valence-corrected chi connectivity index (χ3v) is 3.57. The second kappa shape index (κ2) is 4.65. The molecule has 0 saturated heterocycles. The van der Waals surface area contributed by atoms with Crippen LogP contribution in [-0.2, 0) is 6.42 Å². The number of pyridine rings is 1. The predicted octanol–water partition coefficient (Wildman–Crippen LogP) is 3.03. The van der Waals surface area contributed by atoms with Gasteiger partial charge < -0.3 is 5.73 Å². The summed E-state index contributed by atoms with van der Waals surface area (Å²) in [7, 11) is 0. The van der Waals surface area contributed by atoms with Crippen molar-refractivity contribution >= 4 is 5.82 Å².